The largest absolute Gasteiger partial charge is 0.507 e. The Bertz CT molecular complexity index is 1070. The minimum Gasteiger partial charge on any atom is -0.507 e. The molecule has 3 aromatic rings. The molecule has 0 aromatic heterocycles. The monoisotopic (exact) mass is 506 g/mol. The molecular formula is C31H46O2Si2. The van der Waals surface area contributed by atoms with Crippen LogP contribution in [-0.4, -0.2) is 26.4 Å². The number of phenols is 2. The molecule has 0 radical (unpaired) electrons. The maximum absolute atomic E-state index is 9.85. The summed E-state index contributed by atoms with van der Waals surface area (Å²) in [6.07, 6.45) is 2.24. The molecule has 2 N–H and O–H groups in total. The standard InChI is InChI=1S/C18H24OSi.C13H22OSi/c1-14-12-16(13-15(2)18(14)19)10-11-20(3,4)17-8-6-5-7-9-17;1-10-8-12(6-7-15(3,4)5)9-11(2)13(10)14/h5-9,12-13,19H,10-11H2,1-4H3;8-9,14H,6-7H2,1-5H3. The van der Waals surface area contributed by atoms with E-state index in [0.717, 1.165) is 35.1 Å². The molecule has 0 unspecified atom stereocenters. The SMILES string of the molecule is Cc1cc(CC[Si](C)(C)C)cc(C)c1O.Cc1cc(CC[Si](C)(C)c2ccccc2)cc(C)c1O. The van der Waals surface area contributed by atoms with Crippen LogP contribution in [0, 0.1) is 27.7 Å². The Morgan fingerprint density at radius 1 is 0.571 bits per heavy atom. The lowest BCUT2D eigenvalue weighted by Gasteiger charge is -2.23. The first-order valence-electron chi connectivity index (χ1n) is 12.8. The van der Waals surface area contributed by atoms with Crippen LogP contribution in [0.5, 0.6) is 11.5 Å². The second kappa shape index (κ2) is 12.1. The van der Waals surface area contributed by atoms with Crippen LogP contribution in [0.15, 0.2) is 54.6 Å². The summed E-state index contributed by atoms with van der Waals surface area (Å²) in [7, 11) is -2.32. The van der Waals surface area contributed by atoms with Gasteiger partial charge in [0.05, 0.1) is 8.07 Å². The molecule has 4 heteroatoms. The number of rotatable bonds is 7. The van der Waals surface area contributed by atoms with Crippen LogP contribution in [0.1, 0.15) is 33.4 Å². The van der Waals surface area contributed by atoms with Crippen molar-refractivity contribution in [1.29, 1.82) is 0 Å². The van der Waals surface area contributed by atoms with Crippen LogP contribution in [-0.2, 0) is 12.8 Å². The summed E-state index contributed by atoms with van der Waals surface area (Å²) < 4.78 is 0. The summed E-state index contributed by atoms with van der Waals surface area (Å²) in [5.74, 6) is 0.889. The van der Waals surface area contributed by atoms with E-state index in [2.05, 4.69) is 87.3 Å². The zero-order valence-electron chi connectivity index (χ0n) is 23.4. The minimum atomic E-state index is -1.37. The Labute approximate surface area is 216 Å². The molecule has 3 rings (SSSR count). The summed E-state index contributed by atoms with van der Waals surface area (Å²) in [6, 6.07) is 21.9. The van der Waals surface area contributed by atoms with Crippen molar-refractivity contribution < 1.29 is 10.2 Å². The highest BCUT2D eigenvalue weighted by atomic mass is 28.3. The lowest BCUT2D eigenvalue weighted by Crippen LogP contribution is -2.41. The fourth-order valence-electron chi connectivity index (χ4n) is 4.39. The molecule has 0 amide bonds. The van der Waals surface area contributed by atoms with Gasteiger partial charge in [-0.3, -0.25) is 0 Å². The molecule has 0 heterocycles. The van der Waals surface area contributed by atoms with E-state index in [4.69, 9.17) is 0 Å². The third kappa shape index (κ3) is 9.01. The second-order valence-corrected chi connectivity index (χ2v) is 22.4. The average Bonchev–Trinajstić information content (AvgIpc) is 2.78. The summed E-state index contributed by atoms with van der Waals surface area (Å²) in [5.41, 5.74) is 6.68. The van der Waals surface area contributed by atoms with Gasteiger partial charge in [0.25, 0.3) is 0 Å². The Balaban J connectivity index is 0.000000258. The van der Waals surface area contributed by atoms with E-state index in [0.29, 0.717) is 11.5 Å². The van der Waals surface area contributed by atoms with Crippen LogP contribution in [0.4, 0.5) is 0 Å². The molecule has 3 aromatic carbocycles. The van der Waals surface area contributed by atoms with Crippen LogP contribution in [0.3, 0.4) is 0 Å². The molecule has 0 aliphatic carbocycles. The number of phenolic OH excluding ortho intramolecular Hbond substituents is 2. The molecule has 0 spiro atoms. The van der Waals surface area contributed by atoms with Gasteiger partial charge in [-0.2, -0.15) is 0 Å². The molecule has 0 fully saturated rings. The van der Waals surface area contributed by atoms with Crippen molar-refractivity contribution >= 4 is 21.3 Å². The predicted octanol–water partition coefficient (Wildman–Crippen LogP) is 8.06. The number of aryl methyl sites for hydroxylation is 6. The van der Waals surface area contributed by atoms with E-state index < -0.39 is 16.1 Å². The van der Waals surface area contributed by atoms with Gasteiger partial charge in [-0.25, -0.2) is 0 Å². The van der Waals surface area contributed by atoms with E-state index in [-0.39, 0.29) is 0 Å². The van der Waals surface area contributed by atoms with Crippen LogP contribution >= 0.6 is 0 Å². The van der Waals surface area contributed by atoms with E-state index in [1.54, 1.807) is 0 Å². The number of hydrogen-bond acceptors (Lipinski definition) is 2. The van der Waals surface area contributed by atoms with Gasteiger partial charge in [-0.1, -0.05) is 98.6 Å². The fraction of sp³-hybridized carbons (Fsp3) is 0.419. The zero-order chi connectivity index (χ0) is 26.4. The summed E-state index contributed by atoms with van der Waals surface area (Å²) in [4.78, 5) is 0. The number of aromatic hydroxyl groups is 2. The van der Waals surface area contributed by atoms with Gasteiger partial charge >= 0.3 is 0 Å². The molecule has 35 heavy (non-hydrogen) atoms. The first-order chi connectivity index (χ1) is 16.2. The molecule has 0 saturated heterocycles. The molecule has 0 atom stereocenters. The van der Waals surface area contributed by atoms with Crippen molar-refractivity contribution in [1.82, 2.24) is 0 Å². The van der Waals surface area contributed by atoms with Crippen molar-refractivity contribution in [3.63, 3.8) is 0 Å². The van der Waals surface area contributed by atoms with Crippen molar-refractivity contribution in [3.05, 3.63) is 88.0 Å². The average molecular weight is 507 g/mol. The van der Waals surface area contributed by atoms with Gasteiger partial charge < -0.3 is 10.2 Å². The summed E-state index contributed by atoms with van der Waals surface area (Å²) in [5, 5.41) is 21.0. The lowest BCUT2D eigenvalue weighted by atomic mass is 10.0. The molecule has 0 saturated carbocycles. The van der Waals surface area contributed by atoms with Gasteiger partial charge in [-0.15, -0.1) is 0 Å². The predicted molar refractivity (Wildman–Crippen MR) is 159 cm³/mol. The second-order valence-electron chi connectivity index (χ2n) is 12.0. The Morgan fingerprint density at radius 3 is 1.31 bits per heavy atom. The molecule has 0 aliphatic heterocycles. The molecule has 0 bridgehead atoms. The number of benzene rings is 3. The Kier molecular flexibility index (Phi) is 9.99. The molecule has 2 nitrogen and oxygen atoms in total. The van der Waals surface area contributed by atoms with Gasteiger partial charge in [0, 0.05) is 8.07 Å². The van der Waals surface area contributed by atoms with Crippen LogP contribution in [0.25, 0.3) is 0 Å². The third-order valence-electron chi connectivity index (χ3n) is 6.86. The van der Waals surface area contributed by atoms with Crippen molar-refractivity contribution in [2.75, 3.05) is 0 Å². The highest BCUT2D eigenvalue weighted by Gasteiger charge is 2.22. The van der Waals surface area contributed by atoms with E-state index in [1.807, 2.05) is 27.7 Å². The summed E-state index contributed by atoms with van der Waals surface area (Å²) >= 11 is 0. The lowest BCUT2D eigenvalue weighted by molar-refractivity contribution is 0.466. The fourth-order valence-corrected chi connectivity index (χ4v) is 7.73. The van der Waals surface area contributed by atoms with Crippen LogP contribution in [0.2, 0.25) is 44.8 Å². The first-order valence-corrected chi connectivity index (χ1v) is 19.7. The topological polar surface area (TPSA) is 40.5 Å². The van der Waals surface area contributed by atoms with Gasteiger partial charge in [0.2, 0.25) is 0 Å². The van der Waals surface area contributed by atoms with E-state index in [9.17, 15) is 10.2 Å². The van der Waals surface area contributed by atoms with E-state index >= 15 is 0 Å². The quantitative estimate of drug-likeness (QED) is 0.318. The molecule has 190 valence electrons. The highest BCUT2D eigenvalue weighted by Crippen LogP contribution is 2.26. The molecular weight excluding hydrogens is 461 g/mol. The van der Waals surface area contributed by atoms with Crippen molar-refractivity contribution in [3.8, 4) is 11.5 Å². The molecule has 0 aliphatic rings. The Morgan fingerprint density at radius 2 is 0.943 bits per heavy atom. The highest BCUT2D eigenvalue weighted by molar-refractivity contribution is 6.89. The third-order valence-corrected chi connectivity index (χ3v) is 12.0. The maximum atomic E-state index is 9.85. The van der Waals surface area contributed by atoms with E-state index in [1.165, 1.54) is 28.4 Å². The van der Waals surface area contributed by atoms with Gasteiger partial charge in [0.1, 0.15) is 11.5 Å². The maximum Gasteiger partial charge on any atom is 0.121 e. The van der Waals surface area contributed by atoms with Crippen molar-refractivity contribution in [2.24, 2.45) is 0 Å². The van der Waals surface area contributed by atoms with Gasteiger partial charge in [0.15, 0.2) is 0 Å². The smallest absolute Gasteiger partial charge is 0.121 e. The van der Waals surface area contributed by atoms with Gasteiger partial charge in [-0.05, 0) is 80.0 Å². The normalized spacial score (nSPS) is 11.7. The Hall–Kier alpha value is -2.31. The number of hydrogen-bond donors (Lipinski definition) is 2. The summed E-state index contributed by atoms with van der Waals surface area (Å²) in [6.45, 7) is 20.0. The zero-order valence-corrected chi connectivity index (χ0v) is 25.4. The van der Waals surface area contributed by atoms with Crippen LogP contribution < -0.4 is 5.19 Å². The first kappa shape index (κ1) is 28.9. The van der Waals surface area contributed by atoms with Crippen molar-refractivity contribution in [2.45, 2.75) is 85.4 Å². The minimum absolute atomic E-state index is 0.438.